The van der Waals surface area contributed by atoms with Crippen LogP contribution in [0.25, 0.3) is 0 Å². The molecular formula is C19H24ClF2N3OS. The van der Waals surface area contributed by atoms with Crippen LogP contribution in [0.1, 0.15) is 5.56 Å². The molecule has 0 aliphatic heterocycles. The van der Waals surface area contributed by atoms with Crippen LogP contribution in [0.3, 0.4) is 0 Å². The standard InChI is InChI=1S/C19H23F2N3OS.ClH/c20-19(21)26-17-8-6-16(7-9-17)23-18(25)14-24(13-11-22)12-10-15-4-2-1-3-5-15;/h1-9,19H,10-14,22H2,(H,23,25);1H. The zero-order valence-corrected chi connectivity index (χ0v) is 16.4. The van der Waals surface area contributed by atoms with Crippen LogP contribution in [0, 0.1) is 0 Å². The summed E-state index contributed by atoms with van der Waals surface area (Å²) in [6, 6.07) is 16.5. The van der Waals surface area contributed by atoms with Gasteiger partial charge in [0.1, 0.15) is 0 Å². The van der Waals surface area contributed by atoms with E-state index in [0.717, 1.165) is 13.0 Å². The molecule has 0 saturated carbocycles. The molecular weight excluding hydrogens is 392 g/mol. The lowest BCUT2D eigenvalue weighted by Gasteiger charge is -2.21. The Kier molecular flexibility index (Phi) is 11.0. The number of amides is 1. The first-order chi connectivity index (χ1) is 12.6. The van der Waals surface area contributed by atoms with Crippen molar-refractivity contribution in [3.8, 4) is 0 Å². The minimum absolute atomic E-state index is 0. The van der Waals surface area contributed by atoms with Gasteiger partial charge in [0.2, 0.25) is 5.91 Å². The quantitative estimate of drug-likeness (QED) is 0.578. The monoisotopic (exact) mass is 415 g/mol. The fourth-order valence-corrected chi connectivity index (χ4v) is 3.01. The maximum atomic E-state index is 12.3. The molecule has 0 atom stereocenters. The lowest BCUT2D eigenvalue weighted by molar-refractivity contribution is -0.117. The molecule has 0 aliphatic rings. The van der Waals surface area contributed by atoms with Crippen LogP contribution in [0.15, 0.2) is 59.5 Å². The van der Waals surface area contributed by atoms with Gasteiger partial charge in [-0.25, -0.2) is 0 Å². The van der Waals surface area contributed by atoms with Gasteiger partial charge >= 0.3 is 0 Å². The van der Waals surface area contributed by atoms with E-state index >= 15 is 0 Å². The molecule has 27 heavy (non-hydrogen) atoms. The summed E-state index contributed by atoms with van der Waals surface area (Å²) >= 11 is 0.480. The summed E-state index contributed by atoms with van der Waals surface area (Å²) in [5.41, 5.74) is 7.44. The molecule has 1 amide bonds. The van der Waals surface area contributed by atoms with Crippen LogP contribution in [0.2, 0.25) is 0 Å². The van der Waals surface area contributed by atoms with E-state index in [1.165, 1.54) is 5.56 Å². The molecule has 0 aliphatic carbocycles. The molecule has 2 rings (SSSR count). The van der Waals surface area contributed by atoms with Crippen molar-refractivity contribution in [2.24, 2.45) is 5.73 Å². The number of nitrogens with one attached hydrogen (secondary N) is 1. The number of nitrogens with zero attached hydrogens (tertiary/aromatic N) is 1. The zero-order valence-electron chi connectivity index (χ0n) is 14.8. The number of hydrogen-bond donors (Lipinski definition) is 2. The van der Waals surface area contributed by atoms with E-state index in [-0.39, 0.29) is 24.9 Å². The van der Waals surface area contributed by atoms with Crippen molar-refractivity contribution in [3.63, 3.8) is 0 Å². The predicted octanol–water partition coefficient (Wildman–Crippen LogP) is 3.87. The second-order valence-corrected chi connectivity index (χ2v) is 6.81. The fourth-order valence-electron chi connectivity index (χ4n) is 2.51. The SMILES string of the molecule is Cl.NCCN(CCc1ccccc1)CC(=O)Nc1ccc(SC(F)F)cc1. The van der Waals surface area contributed by atoms with Crippen molar-refractivity contribution in [3.05, 3.63) is 60.2 Å². The van der Waals surface area contributed by atoms with E-state index in [1.807, 2.05) is 23.1 Å². The summed E-state index contributed by atoms with van der Waals surface area (Å²) in [6.45, 7) is 2.07. The number of nitrogens with two attached hydrogens (primary N) is 1. The van der Waals surface area contributed by atoms with E-state index in [1.54, 1.807) is 24.3 Å². The molecule has 0 spiro atoms. The number of rotatable bonds is 10. The second-order valence-electron chi connectivity index (χ2n) is 5.75. The van der Waals surface area contributed by atoms with Gasteiger partial charge in [-0.05, 0) is 36.2 Å². The number of alkyl halides is 2. The Morgan fingerprint density at radius 1 is 1.07 bits per heavy atom. The first-order valence-corrected chi connectivity index (χ1v) is 9.26. The van der Waals surface area contributed by atoms with E-state index in [2.05, 4.69) is 17.4 Å². The van der Waals surface area contributed by atoms with Gasteiger partial charge in [0.05, 0.1) is 6.54 Å². The van der Waals surface area contributed by atoms with Gasteiger partial charge in [0, 0.05) is 30.2 Å². The highest BCUT2D eigenvalue weighted by molar-refractivity contribution is 7.99. The van der Waals surface area contributed by atoms with Crippen molar-refractivity contribution < 1.29 is 13.6 Å². The van der Waals surface area contributed by atoms with Crippen LogP contribution in [-0.4, -0.2) is 42.7 Å². The summed E-state index contributed by atoms with van der Waals surface area (Å²) in [5.74, 6) is -2.61. The Morgan fingerprint density at radius 3 is 2.33 bits per heavy atom. The maximum absolute atomic E-state index is 12.3. The van der Waals surface area contributed by atoms with Gasteiger partial charge in [0.15, 0.2) is 0 Å². The molecule has 8 heteroatoms. The van der Waals surface area contributed by atoms with Crippen LogP contribution in [-0.2, 0) is 11.2 Å². The normalized spacial score (nSPS) is 10.7. The number of carbonyl (C=O) groups is 1. The van der Waals surface area contributed by atoms with Gasteiger partial charge in [-0.15, -0.1) is 12.4 Å². The van der Waals surface area contributed by atoms with Gasteiger partial charge in [0.25, 0.3) is 5.76 Å². The van der Waals surface area contributed by atoms with Crippen molar-refractivity contribution in [2.45, 2.75) is 17.1 Å². The summed E-state index contributed by atoms with van der Waals surface area (Å²) in [4.78, 5) is 14.7. The molecule has 0 radical (unpaired) electrons. The van der Waals surface area contributed by atoms with Gasteiger partial charge in [-0.1, -0.05) is 42.1 Å². The molecule has 0 saturated heterocycles. The van der Waals surface area contributed by atoms with Gasteiger partial charge in [-0.2, -0.15) is 8.78 Å². The molecule has 2 aromatic rings. The molecule has 148 valence electrons. The van der Waals surface area contributed by atoms with Crippen LogP contribution in [0.5, 0.6) is 0 Å². The first kappa shape index (κ1) is 23.4. The Balaban J connectivity index is 0.00000364. The van der Waals surface area contributed by atoms with Crippen LogP contribution < -0.4 is 11.1 Å². The number of anilines is 1. The summed E-state index contributed by atoms with van der Waals surface area (Å²) in [7, 11) is 0. The summed E-state index contributed by atoms with van der Waals surface area (Å²) in [5, 5.41) is 2.79. The van der Waals surface area contributed by atoms with Crippen molar-refractivity contribution in [1.82, 2.24) is 4.90 Å². The van der Waals surface area contributed by atoms with Crippen molar-refractivity contribution in [1.29, 1.82) is 0 Å². The number of benzene rings is 2. The smallest absolute Gasteiger partial charge is 0.288 e. The third-order valence-corrected chi connectivity index (χ3v) is 4.46. The molecule has 4 nitrogen and oxygen atoms in total. The zero-order chi connectivity index (χ0) is 18.8. The molecule has 0 unspecified atom stereocenters. The van der Waals surface area contributed by atoms with E-state index in [9.17, 15) is 13.6 Å². The van der Waals surface area contributed by atoms with E-state index in [4.69, 9.17) is 5.73 Å². The molecule has 0 bridgehead atoms. The Labute approximate surface area is 168 Å². The van der Waals surface area contributed by atoms with Crippen molar-refractivity contribution in [2.75, 3.05) is 31.5 Å². The third-order valence-electron chi connectivity index (χ3n) is 3.74. The van der Waals surface area contributed by atoms with Gasteiger partial charge in [-0.3, -0.25) is 9.69 Å². The topological polar surface area (TPSA) is 58.4 Å². The first-order valence-electron chi connectivity index (χ1n) is 8.38. The molecule has 3 N–H and O–H groups in total. The predicted molar refractivity (Wildman–Crippen MR) is 110 cm³/mol. The highest BCUT2D eigenvalue weighted by Gasteiger charge is 2.11. The van der Waals surface area contributed by atoms with Crippen LogP contribution in [0.4, 0.5) is 14.5 Å². The third kappa shape index (κ3) is 9.19. The van der Waals surface area contributed by atoms with Crippen molar-refractivity contribution >= 4 is 35.8 Å². The maximum Gasteiger partial charge on any atom is 0.288 e. The minimum Gasteiger partial charge on any atom is -0.329 e. The largest absolute Gasteiger partial charge is 0.329 e. The number of hydrogen-bond acceptors (Lipinski definition) is 4. The lowest BCUT2D eigenvalue weighted by atomic mass is 10.1. The highest BCUT2D eigenvalue weighted by atomic mass is 35.5. The number of carbonyl (C=O) groups excluding carboxylic acids is 1. The van der Waals surface area contributed by atoms with Crippen LogP contribution >= 0.6 is 24.2 Å². The fraction of sp³-hybridized carbons (Fsp3) is 0.316. The summed E-state index contributed by atoms with van der Waals surface area (Å²) < 4.78 is 24.6. The van der Waals surface area contributed by atoms with E-state index in [0.29, 0.717) is 35.4 Å². The number of halogens is 3. The average molecular weight is 416 g/mol. The minimum atomic E-state index is -2.45. The number of thioether (sulfide) groups is 1. The molecule has 0 fully saturated rings. The summed E-state index contributed by atoms with van der Waals surface area (Å²) in [6.07, 6.45) is 0.841. The molecule has 0 aromatic heterocycles. The van der Waals surface area contributed by atoms with Gasteiger partial charge < -0.3 is 11.1 Å². The Bertz CT molecular complexity index is 674. The Hall–Kier alpha value is -1.67. The van der Waals surface area contributed by atoms with E-state index < -0.39 is 5.76 Å². The second kappa shape index (κ2) is 12.7. The average Bonchev–Trinajstić information content (AvgIpc) is 2.62. The lowest BCUT2D eigenvalue weighted by Crippen LogP contribution is -2.37. The Morgan fingerprint density at radius 2 is 1.74 bits per heavy atom. The highest BCUT2D eigenvalue weighted by Crippen LogP contribution is 2.26. The molecule has 2 aromatic carbocycles. The molecule has 0 heterocycles.